The van der Waals surface area contributed by atoms with Crippen LogP contribution < -0.4 is 10.6 Å². The van der Waals surface area contributed by atoms with Crippen molar-refractivity contribution in [3.8, 4) is 0 Å². The summed E-state index contributed by atoms with van der Waals surface area (Å²) >= 11 is 1.69. The van der Waals surface area contributed by atoms with Crippen molar-refractivity contribution >= 4 is 17.3 Å². The normalized spacial score (nSPS) is 11.6. The number of aliphatic imine (C=N–C) groups is 1. The lowest BCUT2D eigenvalue weighted by Gasteiger charge is -2.10. The monoisotopic (exact) mass is 284 g/mol. The highest BCUT2D eigenvalue weighted by atomic mass is 32.1. The molecule has 0 spiro atoms. The number of nitrogens with zero attached hydrogens (tertiary/aromatic N) is 2. The van der Waals surface area contributed by atoms with Crippen LogP contribution in [0.3, 0.4) is 0 Å². The zero-order valence-electron chi connectivity index (χ0n) is 12.0. The Kier molecular flexibility index (Phi) is 8.16. The van der Waals surface area contributed by atoms with Crippen molar-refractivity contribution in [3.05, 3.63) is 16.1 Å². The summed E-state index contributed by atoms with van der Waals surface area (Å²) < 4.78 is 5.30. The van der Waals surface area contributed by atoms with Gasteiger partial charge in [-0.3, -0.25) is 0 Å². The first kappa shape index (κ1) is 15.9. The summed E-state index contributed by atoms with van der Waals surface area (Å²) in [5.74, 6) is 0.852. The van der Waals surface area contributed by atoms with Gasteiger partial charge in [0, 0.05) is 37.4 Å². The van der Waals surface area contributed by atoms with Crippen LogP contribution in [0.1, 0.15) is 30.2 Å². The van der Waals surface area contributed by atoms with E-state index in [9.17, 15) is 0 Å². The van der Waals surface area contributed by atoms with Crippen LogP contribution in [0.25, 0.3) is 0 Å². The minimum absolute atomic E-state index is 0.673. The lowest BCUT2D eigenvalue weighted by Crippen LogP contribution is -2.38. The summed E-state index contributed by atoms with van der Waals surface area (Å²) in [7, 11) is 0. The maximum absolute atomic E-state index is 5.30. The highest BCUT2D eigenvalue weighted by Crippen LogP contribution is 2.12. The van der Waals surface area contributed by atoms with Gasteiger partial charge in [-0.15, -0.1) is 11.3 Å². The first-order chi connectivity index (χ1) is 9.26. The summed E-state index contributed by atoms with van der Waals surface area (Å²) in [6.45, 7) is 10.0. The molecule has 1 aromatic heterocycles. The molecule has 0 fully saturated rings. The SMILES string of the molecule is CCNC(=NCc1cnc(C)s1)NCCCOCC. The van der Waals surface area contributed by atoms with Crippen LogP contribution in [0.15, 0.2) is 11.2 Å². The number of ether oxygens (including phenoxy) is 1. The van der Waals surface area contributed by atoms with Crippen LogP contribution in [0, 0.1) is 6.92 Å². The molecule has 1 aromatic rings. The zero-order chi connectivity index (χ0) is 13.9. The molecule has 19 heavy (non-hydrogen) atoms. The van der Waals surface area contributed by atoms with Crippen LogP contribution >= 0.6 is 11.3 Å². The first-order valence-electron chi connectivity index (χ1n) is 6.77. The molecule has 0 aromatic carbocycles. The van der Waals surface area contributed by atoms with Gasteiger partial charge in [0.25, 0.3) is 0 Å². The van der Waals surface area contributed by atoms with E-state index < -0.39 is 0 Å². The molecule has 108 valence electrons. The van der Waals surface area contributed by atoms with E-state index in [0.29, 0.717) is 6.54 Å². The van der Waals surface area contributed by atoms with Crippen molar-refractivity contribution < 1.29 is 4.74 Å². The molecule has 0 aliphatic rings. The van der Waals surface area contributed by atoms with Gasteiger partial charge in [-0.1, -0.05) is 0 Å². The Morgan fingerprint density at radius 2 is 2.26 bits per heavy atom. The van der Waals surface area contributed by atoms with Crippen molar-refractivity contribution in [1.82, 2.24) is 15.6 Å². The van der Waals surface area contributed by atoms with E-state index in [1.54, 1.807) is 11.3 Å². The van der Waals surface area contributed by atoms with E-state index in [4.69, 9.17) is 4.74 Å². The topological polar surface area (TPSA) is 58.5 Å². The molecule has 0 bridgehead atoms. The number of hydrogen-bond donors (Lipinski definition) is 2. The largest absolute Gasteiger partial charge is 0.382 e. The molecule has 1 rings (SSSR count). The lowest BCUT2D eigenvalue weighted by atomic mass is 10.4. The summed E-state index contributed by atoms with van der Waals surface area (Å²) in [6, 6.07) is 0. The van der Waals surface area contributed by atoms with Crippen LogP contribution in [-0.2, 0) is 11.3 Å². The van der Waals surface area contributed by atoms with E-state index in [2.05, 4.69) is 27.5 Å². The van der Waals surface area contributed by atoms with Crippen LogP contribution in [-0.4, -0.2) is 37.2 Å². The average Bonchev–Trinajstić information content (AvgIpc) is 2.81. The highest BCUT2D eigenvalue weighted by molar-refractivity contribution is 7.11. The Morgan fingerprint density at radius 3 is 2.89 bits per heavy atom. The fraction of sp³-hybridized carbons (Fsp3) is 0.692. The second kappa shape index (κ2) is 9.75. The van der Waals surface area contributed by atoms with Gasteiger partial charge in [-0.2, -0.15) is 0 Å². The predicted octanol–water partition coefficient (Wildman–Crippen LogP) is 1.93. The van der Waals surface area contributed by atoms with Gasteiger partial charge >= 0.3 is 0 Å². The maximum Gasteiger partial charge on any atom is 0.191 e. The van der Waals surface area contributed by atoms with Gasteiger partial charge in [-0.25, -0.2) is 9.98 Å². The number of aromatic nitrogens is 1. The molecule has 0 saturated carbocycles. The number of guanidine groups is 1. The molecular weight excluding hydrogens is 260 g/mol. The Labute approximate surface area is 119 Å². The Hall–Kier alpha value is -1.14. The van der Waals surface area contributed by atoms with Crippen molar-refractivity contribution in [2.75, 3.05) is 26.3 Å². The zero-order valence-corrected chi connectivity index (χ0v) is 12.8. The smallest absolute Gasteiger partial charge is 0.191 e. The Balaban J connectivity index is 2.33. The van der Waals surface area contributed by atoms with Gasteiger partial charge in [0.1, 0.15) is 0 Å². The van der Waals surface area contributed by atoms with Crippen LogP contribution in [0.2, 0.25) is 0 Å². The predicted molar refractivity (Wildman–Crippen MR) is 80.8 cm³/mol. The third-order valence-electron chi connectivity index (χ3n) is 2.37. The van der Waals surface area contributed by atoms with Gasteiger partial charge in [0.05, 0.1) is 11.6 Å². The van der Waals surface area contributed by atoms with Gasteiger partial charge < -0.3 is 15.4 Å². The number of thiazole rings is 1. The second-order valence-corrected chi connectivity index (χ2v) is 5.34. The number of aryl methyl sites for hydroxylation is 1. The molecule has 0 unspecified atom stereocenters. The Morgan fingerprint density at radius 1 is 1.42 bits per heavy atom. The third kappa shape index (κ3) is 7.12. The van der Waals surface area contributed by atoms with Gasteiger partial charge in [0.15, 0.2) is 5.96 Å². The van der Waals surface area contributed by atoms with Crippen molar-refractivity contribution in [3.63, 3.8) is 0 Å². The third-order valence-corrected chi connectivity index (χ3v) is 3.27. The fourth-order valence-corrected chi connectivity index (χ4v) is 2.22. The summed E-state index contributed by atoms with van der Waals surface area (Å²) in [4.78, 5) is 9.95. The van der Waals surface area contributed by atoms with E-state index in [-0.39, 0.29) is 0 Å². The summed E-state index contributed by atoms with van der Waals surface area (Å²) in [5.41, 5.74) is 0. The Bertz CT molecular complexity index is 378. The molecule has 0 atom stereocenters. The average molecular weight is 284 g/mol. The fourth-order valence-electron chi connectivity index (χ4n) is 1.50. The summed E-state index contributed by atoms with van der Waals surface area (Å²) in [5, 5.41) is 7.62. The standard InChI is InChI=1S/C13H24N4OS/c1-4-14-13(15-7-6-8-18-5-2)17-10-12-9-16-11(3)19-12/h9H,4-8,10H2,1-3H3,(H2,14,15,17). The minimum Gasteiger partial charge on any atom is -0.382 e. The molecular formula is C13H24N4OS. The van der Waals surface area contributed by atoms with Crippen molar-refractivity contribution in [1.29, 1.82) is 0 Å². The van der Waals surface area contributed by atoms with Gasteiger partial charge in [-0.05, 0) is 27.2 Å². The van der Waals surface area contributed by atoms with E-state index in [1.807, 2.05) is 20.0 Å². The molecule has 6 heteroatoms. The number of nitrogens with one attached hydrogen (secondary N) is 2. The maximum atomic E-state index is 5.30. The summed E-state index contributed by atoms with van der Waals surface area (Å²) in [6.07, 6.45) is 2.88. The van der Waals surface area contributed by atoms with E-state index >= 15 is 0 Å². The lowest BCUT2D eigenvalue weighted by molar-refractivity contribution is 0.145. The van der Waals surface area contributed by atoms with Crippen molar-refractivity contribution in [2.24, 2.45) is 4.99 Å². The molecule has 0 radical (unpaired) electrons. The van der Waals surface area contributed by atoms with Gasteiger partial charge in [0.2, 0.25) is 0 Å². The van der Waals surface area contributed by atoms with E-state index in [1.165, 1.54) is 4.88 Å². The second-order valence-electron chi connectivity index (χ2n) is 4.02. The molecule has 0 amide bonds. The van der Waals surface area contributed by atoms with Crippen LogP contribution in [0.4, 0.5) is 0 Å². The van der Waals surface area contributed by atoms with Crippen LogP contribution in [0.5, 0.6) is 0 Å². The molecule has 1 heterocycles. The molecule has 0 aliphatic carbocycles. The quantitative estimate of drug-likeness (QED) is 0.435. The molecule has 0 saturated heterocycles. The van der Waals surface area contributed by atoms with E-state index in [0.717, 1.165) is 43.7 Å². The number of rotatable bonds is 8. The number of hydrogen-bond acceptors (Lipinski definition) is 4. The van der Waals surface area contributed by atoms with Crippen molar-refractivity contribution in [2.45, 2.75) is 33.7 Å². The molecule has 0 aliphatic heterocycles. The molecule has 2 N–H and O–H groups in total. The first-order valence-corrected chi connectivity index (χ1v) is 7.59. The highest BCUT2D eigenvalue weighted by Gasteiger charge is 1.99. The minimum atomic E-state index is 0.673. The molecule has 5 nitrogen and oxygen atoms in total.